The third kappa shape index (κ3) is 3.21. The van der Waals surface area contributed by atoms with Gasteiger partial charge in [-0.1, -0.05) is 13.0 Å². The molecular weight excluding hydrogens is 237 g/mol. The van der Waals surface area contributed by atoms with E-state index in [4.69, 9.17) is 10.5 Å². The molecule has 1 aliphatic rings. The molecule has 0 aromatic heterocycles. The fraction of sp³-hybridized carbons (Fsp3) is 0.538. The van der Waals surface area contributed by atoms with E-state index < -0.39 is 0 Å². The second-order valence-corrected chi connectivity index (χ2v) is 5.79. The number of hydrogen-bond donors (Lipinski definition) is 1. The highest BCUT2D eigenvalue weighted by Crippen LogP contribution is 2.31. The van der Waals surface area contributed by atoms with Crippen molar-refractivity contribution in [3.63, 3.8) is 0 Å². The van der Waals surface area contributed by atoms with Crippen LogP contribution in [0.25, 0.3) is 0 Å². The summed E-state index contributed by atoms with van der Waals surface area (Å²) < 4.78 is 19.0. The standard InChI is InChI=1S/C13H18FNOS/c1-9(4-5-15)10-2-3-13(12(14)6-10)17-11-7-16-8-11/h2-3,6,9,11H,4-5,7-8,15H2,1H3. The van der Waals surface area contributed by atoms with E-state index in [0.29, 0.717) is 17.7 Å². The summed E-state index contributed by atoms with van der Waals surface area (Å²) in [7, 11) is 0. The molecule has 0 radical (unpaired) electrons. The maximum atomic E-state index is 13.9. The van der Waals surface area contributed by atoms with Crippen LogP contribution in [0.2, 0.25) is 0 Å². The first kappa shape index (κ1) is 12.9. The number of ether oxygens (including phenoxy) is 1. The largest absolute Gasteiger partial charge is 0.379 e. The highest BCUT2D eigenvalue weighted by Gasteiger charge is 2.21. The number of benzene rings is 1. The molecule has 0 spiro atoms. The van der Waals surface area contributed by atoms with Crippen LogP contribution in [0.4, 0.5) is 4.39 Å². The minimum Gasteiger partial charge on any atom is -0.379 e. The Bertz CT molecular complexity index is 382. The zero-order valence-electron chi connectivity index (χ0n) is 9.99. The molecule has 1 heterocycles. The molecule has 1 saturated heterocycles. The monoisotopic (exact) mass is 255 g/mol. The van der Waals surface area contributed by atoms with Gasteiger partial charge < -0.3 is 10.5 Å². The van der Waals surface area contributed by atoms with E-state index in [2.05, 4.69) is 6.92 Å². The Morgan fingerprint density at radius 2 is 2.29 bits per heavy atom. The van der Waals surface area contributed by atoms with Gasteiger partial charge in [-0.25, -0.2) is 4.39 Å². The Hall–Kier alpha value is -0.580. The SMILES string of the molecule is CC(CCN)c1ccc(SC2COC2)c(F)c1. The van der Waals surface area contributed by atoms with Crippen LogP contribution in [-0.2, 0) is 4.74 Å². The Kier molecular flexibility index (Phi) is 4.42. The number of nitrogens with two attached hydrogens (primary N) is 1. The van der Waals surface area contributed by atoms with Crippen molar-refractivity contribution < 1.29 is 9.13 Å². The summed E-state index contributed by atoms with van der Waals surface area (Å²) in [4.78, 5) is 0.724. The van der Waals surface area contributed by atoms with E-state index in [-0.39, 0.29) is 5.82 Å². The maximum absolute atomic E-state index is 13.9. The van der Waals surface area contributed by atoms with Gasteiger partial charge in [0.15, 0.2) is 0 Å². The molecule has 1 aromatic carbocycles. The van der Waals surface area contributed by atoms with Gasteiger partial charge in [0.05, 0.1) is 18.5 Å². The Morgan fingerprint density at radius 1 is 1.53 bits per heavy atom. The maximum Gasteiger partial charge on any atom is 0.137 e. The van der Waals surface area contributed by atoms with Crippen LogP contribution in [0.3, 0.4) is 0 Å². The Morgan fingerprint density at radius 3 is 2.82 bits per heavy atom. The van der Waals surface area contributed by atoms with Gasteiger partial charge in [0.1, 0.15) is 5.82 Å². The zero-order valence-corrected chi connectivity index (χ0v) is 10.8. The lowest BCUT2D eigenvalue weighted by atomic mass is 9.98. The highest BCUT2D eigenvalue weighted by molar-refractivity contribution is 8.00. The van der Waals surface area contributed by atoms with Gasteiger partial charge in [-0.3, -0.25) is 0 Å². The van der Waals surface area contributed by atoms with Crippen LogP contribution < -0.4 is 5.73 Å². The van der Waals surface area contributed by atoms with E-state index in [1.165, 1.54) is 0 Å². The Balaban J connectivity index is 2.04. The lowest BCUT2D eigenvalue weighted by molar-refractivity contribution is 0.0455. The summed E-state index contributed by atoms with van der Waals surface area (Å²) in [5.41, 5.74) is 6.54. The third-order valence-electron chi connectivity index (χ3n) is 3.03. The smallest absolute Gasteiger partial charge is 0.137 e. The van der Waals surface area contributed by atoms with Gasteiger partial charge in [-0.15, -0.1) is 11.8 Å². The lowest BCUT2D eigenvalue weighted by Gasteiger charge is -2.25. The molecule has 1 fully saturated rings. The van der Waals surface area contributed by atoms with Crippen molar-refractivity contribution in [2.75, 3.05) is 19.8 Å². The van der Waals surface area contributed by atoms with Crippen molar-refractivity contribution in [2.24, 2.45) is 5.73 Å². The zero-order chi connectivity index (χ0) is 12.3. The average molecular weight is 255 g/mol. The molecule has 1 unspecified atom stereocenters. The predicted molar refractivity (Wildman–Crippen MR) is 69.0 cm³/mol. The summed E-state index contributed by atoms with van der Waals surface area (Å²) in [6.07, 6.45) is 0.891. The summed E-state index contributed by atoms with van der Waals surface area (Å²) >= 11 is 1.57. The highest BCUT2D eigenvalue weighted by atomic mass is 32.2. The molecule has 2 N–H and O–H groups in total. The van der Waals surface area contributed by atoms with E-state index in [0.717, 1.165) is 30.1 Å². The van der Waals surface area contributed by atoms with Crippen LogP contribution in [0.5, 0.6) is 0 Å². The predicted octanol–water partition coefficient (Wildman–Crippen LogP) is 2.77. The molecule has 0 amide bonds. The Labute approximate surface area is 106 Å². The van der Waals surface area contributed by atoms with Gasteiger partial charge in [0, 0.05) is 4.90 Å². The van der Waals surface area contributed by atoms with E-state index in [9.17, 15) is 4.39 Å². The molecule has 0 saturated carbocycles. The van der Waals surface area contributed by atoms with E-state index in [1.807, 2.05) is 12.1 Å². The molecule has 17 heavy (non-hydrogen) atoms. The minimum atomic E-state index is -0.122. The number of hydrogen-bond acceptors (Lipinski definition) is 3. The summed E-state index contributed by atoms with van der Waals surface area (Å²) in [6.45, 7) is 4.18. The van der Waals surface area contributed by atoms with Crippen molar-refractivity contribution in [2.45, 2.75) is 29.4 Å². The molecule has 1 aliphatic heterocycles. The molecule has 1 aromatic rings. The summed E-state index contributed by atoms with van der Waals surface area (Å²) in [5.74, 6) is 0.198. The molecule has 2 rings (SSSR count). The van der Waals surface area contributed by atoms with Crippen molar-refractivity contribution in [1.29, 1.82) is 0 Å². The molecule has 4 heteroatoms. The van der Waals surface area contributed by atoms with Crippen molar-refractivity contribution in [3.8, 4) is 0 Å². The van der Waals surface area contributed by atoms with Crippen LogP contribution in [0.1, 0.15) is 24.8 Å². The van der Waals surface area contributed by atoms with E-state index in [1.54, 1.807) is 17.8 Å². The normalized spacial score (nSPS) is 17.8. The summed E-state index contributed by atoms with van der Waals surface area (Å²) in [6, 6.07) is 5.52. The topological polar surface area (TPSA) is 35.2 Å². The first-order valence-corrected chi connectivity index (χ1v) is 6.82. The number of rotatable bonds is 5. The van der Waals surface area contributed by atoms with E-state index >= 15 is 0 Å². The third-order valence-corrected chi connectivity index (χ3v) is 4.22. The van der Waals surface area contributed by atoms with Crippen LogP contribution in [-0.4, -0.2) is 25.0 Å². The molecule has 94 valence electrons. The fourth-order valence-electron chi connectivity index (χ4n) is 1.80. The van der Waals surface area contributed by atoms with Crippen LogP contribution in [0.15, 0.2) is 23.1 Å². The van der Waals surface area contributed by atoms with Crippen molar-refractivity contribution >= 4 is 11.8 Å². The average Bonchev–Trinajstić information content (AvgIpc) is 2.25. The molecule has 2 nitrogen and oxygen atoms in total. The molecule has 1 atom stereocenters. The first-order chi connectivity index (χ1) is 8.20. The molecular formula is C13H18FNOS. The van der Waals surface area contributed by atoms with Crippen molar-refractivity contribution in [3.05, 3.63) is 29.6 Å². The van der Waals surface area contributed by atoms with Crippen LogP contribution in [0, 0.1) is 5.82 Å². The molecule has 0 bridgehead atoms. The summed E-state index contributed by atoms with van der Waals surface area (Å²) in [5, 5.41) is 0.414. The quantitative estimate of drug-likeness (QED) is 0.878. The van der Waals surface area contributed by atoms with Gasteiger partial charge in [0.2, 0.25) is 0 Å². The minimum absolute atomic E-state index is 0.122. The number of thioether (sulfide) groups is 1. The second kappa shape index (κ2) is 5.85. The van der Waals surface area contributed by atoms with Gasteiger partial charge >= 0.3 is 0 Å². The van der Waals surface area contributed by atoms with Gasteiger partial charge in [0.25, 0.3) is 0 Å². The van der Waals surface area contributed by atoms with Crippen molar-refractivity contribution in [1.82, 2.24) is 0 Å². The second-order valence-electron chi connectivity index (χ2n) is 4.45. The first-order valence-electron chi connectivity index (χ1n) is 5.94. The lowest BCUT2D eigenvalue weighted by Crippen LogP contribution is -2.30. The number of halogens is 1. The van der Waals surface area contributed by atoms with Gasteiger partial charge in [-0.2, -0.15) is 0 Å². The van der Waals surface area contributed by atoms with Crippen LogP contribution >= 0.6 is 11.8 Å². The molecule has 0 aliphatic carbocycles. The fourth-order valence-corrected chi connectivity index (χ4v) is 2.80. The van der Waals surface area contributed by atoms with Gasteiger partial charge in [-0.05, 0) is 36.6 Å².